The van der Waals surface area contributed by atoms with Gasteiger partial charge in [-0.1, -0.05) is 298 Å². The molecule has 0 aromatic carbocycles. The first-order valence-electron chi connectivity index (χ1n) is 32.4. The molecule has 8 nitrogen and oxygen atoms in total. The van der Waals surface area contributed by atoms with Crippen LogP contribution < -0.4 is 10.2 Å². The highest BCUT2D eigenvalue weighted by Gasteiger charge is 2.23. The number of carbonyl (C=O) groups is 1. The maximum Gasteiger partial charge on any atom is 0.268 e. The number of phosphoric ester groups is 1. The molecule has 0 bridgehead atoms. The highest BCUT2D eigenvalue weighted by Crippen LogP contribution is 2.38. The minimum atomic E-state index is -4.61. The second-order valence-corrected chi connectivity index (χ2v) is 24.5. The predicted molar refractivity (Wildman–Crippen MR) is 334 cm³/mol. The molecule has 2 N–H and O–H groups in total. The van der Waals surface area contributed by atoms with Crippen LogP contribution in [-0.2, 0) is 18.4 Å². The van der Waals surface area contributed by atoms with Crippen molar-refractivity contribution in [1.29, 1.82) is 0 Å². The van der Waals surface area contributed by atoms with Gasteiger partial charge in [0, 0.05) is 6.42 Å². The molecule has 0 fully saturated rings. The molecule has 0 spiro atoms. The standard InChI is InChI=1S/C68H125N2O6P/c1-6-8-10-12-14-16-18-20-22-24-26-28-30-32-34-35-36-38-40-42-44-46-48-50-52-54-56-58-60-62-68(72)69-66(65-76-77(73,74)75-64-63-70(3,4)5)67(71)61-59-57-55-53-51-49-47-45-43-41-39-37-33-31-29-27-25-23-21-19-17-15-13-11-9-7-2/h8,10,14,16,20,22,26,28,32,34,36,38,59,61,66-67,71H,6-7,9,11-13,15,17-19,21,23-25,27,29-31,33,35,37,39-58,60,62-65H2,1-5H3,(H-,69,72,73,74)/b10-8-,16-14-,22-20-,28-26-,34-32-,38-36-,61-59+. The summed E-state index contributed by atoms with van der Waals surface area (Å²) in [5, 5.41) is 13.9. The zero-order valence-electron chi connectivity index (χ0n) is 51.1. The van der Waals surface area contributed by atoms with E-state index in [1.54, 1.807) is 6.08 Å². The van der Waals surface area contributed by atoms with Crippen LogP contribution in [0.2, 0.25) is 0 Å². The van der Waals surface area contributed by atoms with Gasteiger partial charge in [-0.25, -0.2) is 0 Å². The summed E-state index contributed by atoms with van der Waals surface area (Å²) in [5.41, 5.74) is 0. The van der Waals surface area contributed by atoms with Gasteiger partial charge in [0.25, 0.3) is 7.82 Å². The van der Waals surface area contributed by atoms with Crippen molar-refractivity contribution in [2.24, 2.45) is 0 Å². The van der Waals surface area contributed by atoms with Crippen LogP contribution in [0.1, 0.15) is 290 Å². The number of allylic oxidation sites excluding steroid dienone is 13. The fraction of sp³-hybridized carbons (Fsp3) is 0.779. The van der Waals surface area contributed by atoms with Gasteiger partial charge in [-0.05, 0) is 70.6 Å². The van der Waals surface area contributed by atoms with Crippen molar-refractivity contribution in [3.05, 3.63) is 85.1 Å². The Morgan fingerprint density at radius 3 is 1.16 bits per heavy atom. The van der Waals surface area contributed by atoms with E-state index < -0.39 is 20.0 Å². The summed E-state index contributed by atoms with van der Waals surface area (Å²) in [4.78, 5) is 25.6. The Hall–Kier alpha value is -2.32. The fourth-order valence-electron chi connectivity index (χ4n) is 9.34. The number of unbranched alkanes of at least 4 members (excludes halogenated alkanes) is 34. The molecule has 3 unspecified atom stereocenters. The van der Waals surface area contributed by atoms with Gasteiger partial charge in [0.15, 0.2) is 0 Å². The van der Waals surface area contributed by atoms with Crippen LogP contribution in [0.25, 0.3) is 0 Å². The zero-order valence-corrected chi connectivity index (χ0v) is 52.0. The first-order chi connectivity index (χ1) is 37.5. The van der Waals surface area contributed by atoms with Crippen molar-refractivity contribution in [2.75, 3.05) is 40.9 Å². The molecular weight excluding hydrogens is 972 g/mol. The Bertz CT molecular complexity index is 1530. The molecule has 0 saturated carbocycles. The van der Waals surface area contributed by atoms with E-state index in [9.17, 15) is 19.4 Å². The second-order valence-electron chi connectivity index (χ2n) is 23.1. The number of hydrogen-bond acceptors (Lipinski definition) is 6. The van der Waals surface area contributed by atoms with Gasteiger partial charge in [0.2, 0.25) is 5.91 Å². The molecule has 0 aliphatic heterocycles. The Labute approximate surface area is 477 Å². The Morgan fingerprint density at radius 1 is 0.468 bits per heavy atom. The number of likely N-dealkylation sites (N-methyl/N-ethyl adjacent to an activating group) is 1. The van der Waals surface area contributed by atoms with E-state index in [1.165, 1.54) is 186 Å². The predicted octanol–water partition coefficient (Wildman–Crippen LogP) is 19.7. The summed E-state index contributed by atoms with van der Waals surface area (Å²) in [5.74, 6) is -0.202. The first-order valence-corrected chi connectivity index (χ1v) is 33.9. The van der Waals surface area contributed by atoms with Crippen LogP contribution in [-0.4, -0.2) is 68.5 Å². The molecule has 77 heavy (non-hydrogen) atoms. The quantitative estimate of drug-likeness (QED) is 0.0272. The topological polar surface area (TPSA) is 108 Å². The van der Waals surface area contributed by atoms with Gasteiger partial charge in [-0.3, -0.25) is 9.36 Å². The lowest BCUT2D eigenvalue weighted by Crippen LogP contribution is -2.45. The monoisotopic (exact) mass is 1100 g/mol. The van der Waals surface area contributed by atoms with Crippen LogP contribution in [0.15, 0.2) is 85.1 Å². The maximum atomic E-state index is 13.0. The van der Waals surface area contributed by atoms with E-state index in [4.69, 9.17) is 9.05 Å². The summed E-state index contributed by atoms with van der Waals surface area (Å²) in [6, 6.07) is -0.896. The van der Waals surface area contributed by atoms with Crippen LogP contribution in [0.4, 0.5) is 0 Å². The second kappa shape index (κ2) is 58.3. The molecule has 0 heterocycles. The molecule has 0 saturated heterocycles. The normalized spacial score (nSPS) is 14.3. The van der Waals surface area contributed by atoms with Crippen molar-refractivity contribution in [1.82, 2.24) is 5.32 Å². The Kier molecular flexibility index (Phi) is 56.6. The summed E-state index contributed by atoms with van der Waals surface area (Å²) < 4.78 is 23.4. The van der Waals surface area contributed by atoms with E-state index in [0.717, 1.165) is 83.5 Å². The molecule has 0 aliphatic carbocycles. The average Bonchev–Trinajstić information content (AvgIpc) is 3.39. The number of hydrogen-bond donors (Lipinski definition) is 2. The number of nitrogens with zero attached hydrogens (tertiary/aromatic N) is 1. The van der Waals surface area contributed by atoms with E-state index in [1.807, 2.05) is 27.2 Å². The molecule has 0 radical (unpaired) electrons. The van der Waals surface area contributed by atoms with E-state index in [-0.39, 0.29) is 19.1 Å². The summed E-state index contributed by atoms with van der Waals surface area (Å²) >= 11 is 0. The Morgan fingerprint density at radius 2 is 0.792 bits per heavy atom. The largest absolute Gasteiger partial charge is 0.756 e. The third-order valence-corrected chi connectivity index (χ3v) is 15.3. The van der Waals surface area contributed by atoms with Crippen LogP contribution in [0.3, 0.4) is 0 Å². The zero-order chi connectivity index (χ0) is 56.3. The van der Waals surface area contributed by atoms with Gasteiger partial charge in [0.05, 0.1) is 39.9 Å². The number of carbonyl (C=O) groups excluding carboxylic acids is 1. The third kappa shape index (κ3) is 61.2. The third-order valence-electron chi connectivity index (χ3n) is 14.4. The molecule has 0 aromatic rings. The van der Waals surface area contributed by atoms with E-state index in [2.05, 4.69) is 92.1 Å². The number of amides is 1. The number of quaternary nitrogens is 1. The van der Waals surface area contributed by atoms with E-state index >= 15 is 0 Å². The lowest BCUT2D eigenvalue weighted by Gasteiger charge is -2.29. The van der Waals surface area contributed by atoms with Crippen molar-refractivity contribution in [3.8, 4) is 0 Å². The molecule has 448 valence electrons. The summed E-state index contributed by atoms with van der Waals surface area (Å²) in [6.07, 6.45) is 82.5. The first kappa shape index (κ1) is 74.7. The average molecular weight is 1100 g/mol. The number of aliphatic hydroxyl groups excluding tert-OH is 1. The van der Waals surface area contributed by atoms with Crippen molar-refractivity contribution < 1.29 is 32.9 Å². The van der Waals surface area contributed by atoms with Gasteiger partial charge in [0.1, 0.15) is 13.2 Å². The lowest BCUT2D eigenvalue weighted by atomic mass is 10.0. The smallest absolute Gasteiger partial charge is 0.268 e. The molecule has 0 aromatic heterocycles. The van der Waals surface area contributed by atoms with Crippen molar-refractivity contribution in [3.63, 3.8) is 0 Å². The van der Waals surface area contributed by atoms with Gasteiger partial charge < -0.3 is 28.8 Å². The number of phosphoric acid groups is 1. The maximum absolute atomic E-state index is 13.0. The highest BCUT2D eigenvalue weighted by molar-refractivity contribution is 7.45. The molecule has 1 amide bonds. The molecule has 3 atom stereocenters. The SMILES string of the molecule is CC/C=C\C/C=C\C/C=C\C/C=C\C/C=C\C/C=C\CCCCCCCCCCCCC(=O)NC(COP(=O)([O-])OCC[N+](C)(C)C)C(O)/C=C/CCCCCCCCCCCCCCCCCCCCCCCCCC. The number of nitrogens with one attached hydrogen (secondary N) is 1. The Balaban J connectivity index is 4.17. The van der Waals surface area contributed by atoms with Crippen LogP contribution >= 0.6 is 7.82 Å². The van der Waals surface area contributed by atoms with Gasteiger partial charge in [-0.2, -0.15) is 0 Å². The fourth-order valence-corrected chi connectivity index (χ4v) is 10.1. The minimum absolute atomic E-state index is 0.00488. The van der Waals surface area contributed by atoms with Crippen molar-refractivity contribution >= 4 is 13.7 Å². The van der Waals surface area contributed by atoms with Crippen LogP contribution in [0.5, 0.6) is 0 Å². The summed E-state index contributed by atoms with van der Waals surface area (Å²) in [6.45, 7) is 4.56. The van der Waals surface area contributed by atoms with E-state index in [0.29, 0.717) is 17.4 Å². The molecule has 9 heteroatoms. The highest BCUT2D eigenvalue weighted by atomic mass is 31.2. The van der Waals surface area contributed by atoms with Gasteiger partial charge >= 0.3 is 0 Å². The summed E-state index contributed by atoms with van der Waals surface area (Å²) in [7, 11) is 1.26. The minimum Gasteiger partial charge on any atom is -0.756 e. The molecule has 0 rings (SSSR count). The molecular formula is C68H125N2O6P. The number of rotatable bonds is 59. The number of aliphatic hydroxyl groups is 1. The van der Waals surface area contributed by atoms with Crippen molar-refractivity contribution in [2.45, 2.75) is 302 Å². The lowest BCUT2D eigenvalue weighted by molar-refractivity contribution is -0.870. The molecule has 0 aliphatic rings. The van der Waals surface area contributed by atoms with Gasteiger partial charge in [-0.15, -0.1) is 0 Å². The van der Waals surface area contributed by atoms with Crippen LogP contribution in [0, 0.1) is 0 Å².